The van der Waals surface area contributed by atoms with Gasteiger partial charge in [-0.15, -0.1) is 0 Å². The van der Waals surface area contributed by atoms with E-state index in [-0.39, 0.29) is 19.1 Å². The maximum Gasteiger partial charge on any atom is 0.251 e. The van der Waals surface area contributed by atoms with Crippen molar-refractivity contribution in [3.63, 3.8) is 0 Å². The Morgan fingerprint density at radius 3 is 2.62 bits per heavy atom. The Hall–Kier alpha value is -2.90. The number of nitrogens with zero attached hydrogens (tertiary/aromatic N) is 2. The first-order valence-corrected chi connectivity index (χ1v) is 9.62. The SMILES string of the molecule is COCc1nc2c(NCc3c(C)cccc3C)cc(C(=O)NCCO)cc2n1C. The van der Waals surface area contributed by atoms with E-state index >= 15 is 0 Å². The number of carbonyl (C=O) groups excluding carboxylic acids is 1. The Labute approximate surface area is 170 Å². The molecule has 3 N–H and O–H groups in total. The number of fused-ring (bicyclic) bond motifs is 1. The van der Waals surface area contributed by atoms with Gasteiger partial charge in [-0.05, 0) is 42.7 Å². The van der Waals surface area contributed by atoms with Crippen LogP contribution in [0.3, 0.4) is 0 Å². The molecule has 0 unspecified atom stereocenters. The number of methoxy groups -OCH3 is 1. The molecule has 1 amide bonds. The van der Waals surface area contributed by atoms with Crippen molar-refractivity contribution < 1.29 is 14.6 Å². The molecule has 1 heterocycles. The van der Waals surface area contributed by atoms with E-state index in [1.165, 1.54) is 16.7 Å². The highest BCUT2D eigenvalue weighted by Gasteiger charge is 2.16. The number of amides is 1. The van der Waals surface area contributed by atoms with Gasteiger partial charge in [-0.25, -0.2) is 4.98 Å². The average molecular weight is 396 g/mol. The smallest absolute Gasteiger partial charge is 0.251 e. The number of hydrogen-bond donors (Lipinski definition) is 3. The minimum absolute atomic E-state index is 0.102. The normalized spacial score (nSPS) is 11.1. The van der Waals surface area contributed by atoms with Crippen molar-refractivity contribution in [3.05, 3.63) is 58.4 Å². The summed E-state index contributed by atoms with van der Waals surface area (Å²) in [5.41, 5.74) is 6.60. The maximum atomic E-state index is 12.5. The summed E-state index contributed by atoms with van der Waals surface area (Å²) < 4.78 is 7.20. The largest absolute Gasteiger partial charge is 0.395 e. The molecule has 0 atom stereocenters. The average Bonchev–Trinajstić information content (AvgIpc) is 3.02. The van der Waals surface area contributed by atoms with Crippen molar-refractivity contribution >= 4 is 22.6 Å². The van der Waals surface area contributed by atoms with Crippen LogP contribution >= 0.6 is 0 Å². The maximum absolute atomic E-state index is 12.5. The molecule has 0 spiro atoms. The van der Waals surface area contributed by atoms with Crippen LogP contribution in [0.15, 0.2) is 30.3 Å². The molecule has 3 aromatic rings. The third kappa shape index (κ3) is 4.41. The highest BCUT2D eigenvalue weighted by molar-refractivity contribution is 6.01. The van der Waals surface area contributed by atoms with Gasteiger partial charge in [0.2, 0.25) is 0 Å². The second-order valence-electron chi connectivity index (χ2n) is 7.12. The molecule has 0 radical (unpaired) electrons. The van der Waals surface area contributed by atoms with Crippen LogP contribution in [0.4, 0.5) is 5.69 Å². The zero-order chi connectivity index (χ0) is 21.0. The fraction of sp³-hybridized carbons (Fsp3) is 0.364. The fourth-order valence-corrected chi connectivity index (χ4v) is 3.44. The molecule has 1 aromatic heterocycles. The fourth-order valence-electron chi connectivity index (χ4n) is 3.44. The summed E-state index contributed by atoms with van der Waals surface area (Å²) in [6.07, 6.45) is 0. The van der Waals surface area contributed by atoms with Crippen molar-refractivity contribution in [2.45, 2.75) is 27.0 Å². The molecule has 0 fully saturated rings. The zero-order valence-corrected chi connectivity index (χ0v) is 17.4. The predicted molar refractivity (Wildman–Crippen MR) is 114 cm³/mol. The number of ether oxygens (including phenoxy) is 1. The highest BCUT2D eigenvalue weighted by atomic mass is 16.5. The number of aryl methyl sites for hydroxylation is 3. The summed E-state index contributed by atoms with van der Waals surface area (Å²) in [4.78, 5) is 17.2. The lowest BCUT2D eigenvalue weighted by atomic mass is 10.0. The first-order valence-electron chi connectivity index (χ1n) is 9.62. The standard InChI is InChI=1S/C22H28N4O3/c1-14-6-5-7-15(2)17(14)12-24-18-10-16(22(28)23-8-9-27)11-19-21(18)25-20(13-29-4)26(19)3/h5-7,10-11,24,27H,8-9,12-13H2,1-4H3,(H,23,28). The topological polar surface area (TPSA) is 88.4 Å². The molecule has 29 heavy (non-hydrogen) atoms. The molecule has 0 bridgehead atoms. The van der Waals surface area contributed by atoms with Crippen molar-refractivity contribution in [2.24, 2.45) is 7.05 Å². The van der Waals surface area contributed by atoms with Crippen molar-refractivity contribution in [1.29, 1.82) is 0 Å². The van der Waals surface area contributed by atoms with Crippen molar-refractivity contribution in [1.82, 2.24) is 14.9 Å². The Bertz CT molecular complexity index is 1010. The van der Waals surface area contributed by atoms with E-state index in [2.05, 4.69) is 36.6 Å². The first-order chi connectivity index (χ1) is 14.0. The number of aromatic nitrogens is 2. The van der Waals surface area contributed by atoms with Gasteiger partial charge in [0, 0.05) is 32.8 Å². The van der Waals surface area contributed by atoms with Gasteiger partial charge >= 0.3 is 0 Å². The summed E-state index contributed by atoms with van der Waals surface area (Å²) in [6, 6.07) is 9.87. The summed E-state index contributed by atoms with van der Waals surface area (Å²) in [5.74, 6) is 0.552. The highest BCUT2D eigenvalue weighted by Crippen LogP contribution is 2.27. The molecular formula is C22H28N4O3. The van der Waals surface area contributed by atoms with Gasteiger partial charge < -0.3 is 25.0 Å². The lowest BCUT2D eigenvalue weighted by Gasteiger charge is -2.14. The van der Waals surface area contributed by atoms with E-state index < -0.39 is 0 Å². The van der Waals surface area contributed by atoms with E-state index in [1.54, 1.807) is 7.11 Å². The van der Waals surface area contributed by atoms with Crippen LogP contribution in [0.5, 0.6) is 0 Å². The summed E-state index contributed by atoms with van der Waals surface area (Å²) >= 11 is 0. The Balaban J connectivity index is 2.02. The molecule has 0 saturated carbocycles. The van der Waals surface area contributed by atoms with Crippen LogP contribution in [-0.4, -0.2) is 40.8 Å². The van der Waals surface area contributed by atoms with Crippen LogP contribution in [0, 0.1) is 13.8 Å². The molecule has 7 nitrogen and oxygen atoms in total. The monoisotopic (exact) mass is 396 g/mol. The predicted octanol–water partition coefficient (Wildman–Crippen LogP) is 2.67. The van der Waals surface area contributed by atoms with Crippen molar-refractivity contribution in [2.75, 3.05) is 25.6 Å². The number of hydrogen-bond acceptors (Lipinski definition) is 5. The number of carbonyl (C=O) groups is 1. The van der Waals surface area contributed by atoms with Gasteiger partial charge in [-0.2, -0.15) is 0 Å². The molecule has 0 aliphatic heterocycles. The van der Waals surface area contributed by atoms with Crippen LogP contribution in [-0.2, 0) is 24.9 Å². The first kappa shape index (κ1) is 20.8. The Morgan fingerprint density at radius 2 is 1.97 bits per heavy atom. The Kier molecular flexibility index (Phi) is 6.51. The van der Waals surface area contributed by atoms with E-state index in [0.29, 0.717) is 18.7 Å². The van der Waals surface area contributed by atoms with E-state index in [1.807, 2.05) is 29.8 Å². The number of rotatable bonds is 8. The molecule has 0 saturated heterocycles. The zero-order valence-electron chi connectivity index (χ0n) is 17.4. The van der Waals surface area contributed by atoms with E-state index in [0.717, 1.165) is 22.5 Å². The summed E-state index contributed by atoms with van der Waals surface area (Å²) in [6.45, 7) is 5.31. The van der Waals surface area contributed by atoms with Crippen LogP contribution < -0.4 is 10.6 Å². The lowest BCUT2D eigenvalue weighted by Crippen LogP contribution is -2.26. The number of imidazole rings is 1. The molecule has 7 heteroatoms. The molecule has 154 valence electrons. The quantitative estimate of drug-likeness (QED) is 0.545. The molecule has 2 aromatic carbocycles. The minimum atomic E-state index is -0.231. The number of aliphatic hydroxyl groups excluding tert-OH is 1. The molecular weight excluding hydrogens is 368 g/mol. The molecule has 0 aliphatic rings. The van der Waals surface area contributed by atoms with Gasteiger partial charge in [-0.1, -0.05) is 18.2 Å². The van der Waals surface area contributed by atoms with Gasteiger partial charge in [0.05, 0.1) is 17.8 Å². The van der Waals surface area contributed by atoms with Crippen LogP contribution in [0.2, 0.25) is 0 Å². The van der Waals surface area contributed by atoms with Gasteiger partial charge in [0.15, 0.2) is 0 Å². The second kappa shape index (κ2) is 9.07. The third-order valence-corrected chi connectivity index (χ3v) is 5.11. The number of benzene rings is 2. The van der Waals surface area contributed by atoms with Gasteiger partial charge in [-0.3, -0.25) is 4.79 Å². The minimum Gasteiger partial charge on any atom is -0.395 e. The van der Waals surface area contributed by atoms with Gasteiger partial charge in [0.25, 0.3) is 5.91 Å². The Morgan fingerprint density at radius 1 is 1.24 bits per heavy atom. The van der Waals surface area contributed by atoms with Gasteiger partial charge in [0.1, 0.15) is 17.9 Å². The molecule has 3 rings (SSSR count). The number of aliphatic hydroxyl groups is 1. The number of anilines is 1. The van der Waals surface area contributed by atoms with E-state index in [4.69, 9.17) is 14.8 Å². The van der Waals surface area contributed by atoms with Crippen molar-refractivity contribution in [3.8, 4) is 0 Å². The van der Waals surface area contributed by atoms with Crippen LogP contribution in [0.1, 0.15) is 32.9 Å². The summed E-state index contributed by atoms with van der Waals surface area (Å²) in [7, 11) is 3.54. The van der Waals surface area contributed by atoms with E-state index in [9.17, 15) is 4.79 Å². The molecule has 0 aliphatic carbocycles. The number of nitrogens with one attached hydrogen (secondary N) is 2. The second-order valence-corrected chi connectivity index (χ2v) is 7.12. The third-order valence-electron chi connectivity index (χ3n) is 5.11. The lowest BCUT2D eigenvalue weighted by molar-refractivity contribution is 0.0945. The van der Waals surface area contributed by atoms with Crippen LogP contribution in [0.25, 0.3) is 11.0 Å². The summed E-state index contributed by atoms with van der Waals surface area (Å²) in [5, 5.41) is 15.2.